The summed E-state index contributed by atoms with van der Waals surface area (Å²) < 4.78 is 1.18. The van der Waals surface area contributed by atoms with E-state index in [1.165, 1.54) is 47.5 Å². The van der Waals surface area contributed by atoms with Crippen LogP contribution < -0.4 is 5.32 Å². The first-order chi connectivity index (χ1) is 10.3. The zero-order valence-electron chi connectivity index (χ0n) is 12.6. The number of rotatable bonds is 4. The highest BCUT2D eigenvalue weighted by Crippen LogP contribution is 2.27. The normalized spacial score (nSPS) is 24.6. The Hall–Kier alpha value is -0.0700. The van der Waals surface area contributed by atoms with Gasteiger partial charge in [-0.3, -0.25) is 9.80 Å². The maximum Gasteiger partial charge on any atom is 0.0245 e. The molecule has 2 aliphatic heterocycles. The molecule has 0 radical (unpaired) electrons. The number of hydrogen-bond donors (Lipinski definition) is 1. The van der Waals surface area contributed by atoms with Crippen LogP contribution in [0, 0.1) is 0 Å². The van der Waals surface area contributed by atoms with Gasteiger partial charge in [-0.2, -0.15) is 0 Å². The summed E-state index contributed by atoms with van der Waals surface area (Å²) in [5.74, 6) is 0. The molecule has 2 saturated heterocycles. The molecule has 0 saturated carbocycles. The lowest BCUT2D eigenvalue weighted by Gasteiger charge is -2.32. The van der Waals surface area contributed by atoms with Gasteiger partial charge >= 0.3 is 0 Å². The molecule has 0 aromatic heterocycles. The molecule has 116 valence electrons. The van der Waals surface area contributed by atoms with Crippen molar-refractivity contribution in [2.75, 3.05) is 45.5 Å². The van der Waals surface area contributed by atoms with E-state index in [0.717, 1.165) is 25.7 Å². The molecule has 2 aliphatic rings. The summed E-state index contributed by atoms with van der Waals surface area (Å²) >= 11 is 5.42. The summed E-state index contributed by atoms with van der Waals surface area (Å²) in [5, 5.41) is 3.45. The second kappa shape index (κ2) is 7.47. The first kappa shape index (κ1) is 15.8. The third kappa shape index (κ3) is 4.02. The minimum Gasteiger partial charge on any atom is -0.314 e. The Bertz CT molecular complexity index is 477. The van der Waals surface area contributed by atoms with Crippen molar-refractivity contribution in [3.05, 3.63) is 28.2 Å². The number of thioether (sulfide) groups is 1. The van der Waals surface area contributed by atoms with E-state index >= 15 is 0 Å². The summed E-state index contributed by atoms with van der Waals surface area (Å²) in [6.07, 6.45) is 3.49. The molecule has 0 aliphatic carbocycles. The number of likely N-dealkylation sites (tertiary alicyclic amines) is 1. The van der Waals surface area contributed by atoms with Gasteiger partial charge in [0.25, 0.3) is 0 Å². The van der Waals surface area contributed by atoms with E-state index in [2.05, 4.69) is 55.5 Å². The van der Waals surface area contributed by atoms with E-state index in [-0.39, 0.29) is 0 Å². The Kier molecular flexibility index (Phi) is 5.62. The lowest BCUT2D eigenvalue weighted by Crippen LogP contribution is -2.49. The fourth-order valence-electron chi connectivity index (χ4n) is 3.39. The van der Waals surface area contributed by atoms with Crippen molar-refractivity contribution >= 4 is 27.7 Å². The van der Waals surface area contributed by atoms with Crippen molar-refractivity contribution in [3.8, 4) is 0 Å². The van der Waals surface area contributed by atoms with Gasteiger partial charge in [0.2, 0.25) is 0 Å². The second-order valence-electron chi connectivity index (χ2n) is 5.92. The highest BCUT2D eigenvalue weighted by Gasteiger charge is 2.28. The predicted molar refractivity (Wildman–Crippen MR) is 94.0 cm³/mol. The van der Waals surface area contributed by atoms with Crippen molar-refractivity contribution < 1.29 is 0 Å². The monoisotopic (exact) mass is 369 g/mol. The minimum atomic E-state index is 0.764. The Morgan fingerprint density at radius 3 is 2.86 bits per heavy atom. The van der Waals surface area contributed by atoms with E-state index in [1.54, 1.807) is 0 Å². The van der Waals surface area contributed by atoms with Crippen LogP contribution in [0.5, 0.6) is 0 Å². The van der Waals surface area contributed by atoms with Gasteiger partial charge in [-0.05, 0) is 30.4 Å². The standard InChI is InChI=1S/C16H24BrN3S/c1-21-16-10-14(17)3-2-13(16)11-19-7-4-15(12-19)20-8-5-18-6-9-20/h2-3,10,15,18H,4-9,11-12H2,1H3. The molecule has 1 N–H and O–H groups in total. The van der Waals surface area contributed by atoms with Crippen molar-refractivity contribution in [2.45, 2.75) is 23.9 Å². The summed E-state index contributed by atoms with van der Waals surface area (Å²) in [5.41, 5.74) is 1.46. The van der Waals surface area contributed by atoms with Crippen molar-refractivity contribution in [1.29, 1.82) is 0 Å². The predicted octanol–water partition coefficient (Wildman–Crippen LogP) is 2.65. The first-order valence-electron chi connectivity index (χ1n) is 7.76. The van der Waals surface area contributed by atoms with Gasteiger partial charge in [0.15, 0.2) is 0 Å². The molecule has 3 rings (SSSR count). The largest absolute Gasteiger partial charge is 0.314 e. The molecule has 1 unspecified atom stereocenters. The molecule has 3 nitrogen and oxygen atoms in total. The second-order valence-corrected chi connectivity index (χ2v) is 7.68. The zero-order chi connectivity index (χ0) is 14.7. The maximum absolute atomic E-state index is 3.57. The van der Waals surface area contributed by atoms with Crippen LogP contribution in [0.2, 0.25) is 0 Å². The highest BCUT2D eigenvalue weighted by atomic mass is 79.9. The summed E-state index contributed by atoms with van der Waals surface area (Å²) in [6, 6.07) is 7.44. The smallest absolute Gasteiger partial charge is 0.0245 e. The van der Waals surface area contributed by atoms with Crippen molar-refractivity contribution in [1.82, 2.24) is 15.1 Å². The highest BCUT2D eigenvalue weighted by molar-refractivity contribution is 9.10. The topological polar surface area (TPSA) is 18.5 Å². The summed E-state index contributed by atoms with van der Waals surface area (Å²) in [4.78, 5) is 6.69. The fraction of sp³-hybridized carbons (Fsp3) is 0.625. The Morgan fingerprint density at radius 1 is 1.29 bits per heavy atom. The van der Waals surface area contributed by atoms with Gasteiger partial charge in [-0.25, -0.2) is 0 Å². The third-order valence-corrected chi connectivity index (χ3v) is 5.87. The van der Waals surface area contributed by atoms with Crippen LogP contribution in [-0.4, -0.2) is 61.4 Å². The third-order valence-electron chi connectivity index (χ3n) is 4.56. The maximum atomic E-state index is 3.57. The van der Waals surface area contributed by atoms with Crippen LogP contribution in [0.1, 0.15) is 12.0 Å². The SMILES string of the molecule is CSc1cc(Br)ccc1CN1CCC(N2CCNCC2)C1. The molecule has 2 heterocycles. The molecule has 0 bridgehead atoms. The molecule has 0 spiro atoms. The van der Waals surface area contributed by atoms with Crippen molar-refractivity contribution in [2.24, 2.45) is 0 Å². The Morgan fingerprint density at radius 2 is 2.10 bits per heavy atom. The van der Waals surface area contributed by atoms with E-state index < -0.39 is 0 Å². The van der Waals surface area contributed by atoms with E-state index in [0.29, 0.717) is 0 Å². The van der Waals surface area contributed by atoms with Gasteiger partial charge in [0.1, 0.15) is 0 Å². The molecule has 21 heavy (non-hydrogen) atoms. The van der Waals surface area contributed by atoms with Gasteiger partial charge in [0, 0.05) is 61.2 Å². The molecular formula is C16H24BrN3S. The molecule has 0 amide bonds. The molecule has 5 heteroatoms. The number of nitrogens with zero attached hydrogens (tertiary/aromatic N) is 2. The summed E-state index contributed by atoms with van der Waals surface area (Å²) in [6.45, 7) is 8.29. The zero-order valence-corrected chi connectivity index (χ0v) is 15.0. The lowest BCUT2D eigenvalue weighted by molar-refractivity contribution is 0.170. The van der Waals surface area contributed by atoms with E-state index in [9.17, 15) is 0 Å². The Labute approximate surface area is 140 Å². The number of halogens is 1. The van der Waals surface area contributed by atoms with Gasteiger partial charge < -0.3 is 5.32 Å². The van der Waals surface area contributed by atoms with E-state index in [4.69, 9.17) is 0 Å². The molecule has 1 aromatic rings. The average molecular weight is 370 g/mol. The number of piperazine rings is 1. The molecule has 1 atom stereocenters. The summed E-state index contributed by atoms with van der Waals surface area (Å²) in [7, 11) is 0. The number of nitrogens with one attached hydrogen (secondary N) is 1. The lowest BCUT2D eigenvalue weighted by atomic mass is 10.2. The van der Waals surface area contributed by atoms with Crippen LogP contribution in [0.25, 0.3) is 0 Å². The Balaban J connectivity index is 1.59. The van der Waals surface area contributed by atoms with Gasteiger partial charge in [-0.15, -0.1) is 11.8 Å². The first-order valence-corrected chi connectivity index (χ1v) is 9.77. The van der Waals surface area contributed by atoms with Crippen LogP contribution in [0.4, 0.5) is 0 Å². The van der Waals surface area contributed by atoms with E-state index in [1.807, 2.05) is 11.8 Å². The number of hydrogen-bond acceptors (Lipinski definition) is 4. The van der Waals surface area contributed by atoms with Crippen LogP contribution in [0.3, 0.4) is 0 Å². The molecule has 2 fully saturated rings. The van der Waals surface area contributed by atoms with Gasteiger partial charge in [-0.1, -0.05) is 22.0 Å². The van der Waals surface area contributed by atoms with Crippen LogP contribution >= 0.6 is 27.7 Å². The van der Waals surface area contributed by atoms with Crippen LogP contribution in [0.15, 0.2) is 27.6 Å². The van der Waals surface area contributed by atoms with Crippen LogP contribution in [-0.2, 0) is 6.54 Å². The molecule has 1 aromatic carbocycles. The fourth-order valence-corrected chi connectivity index (χ4v) is 4.54. The quantitative estimate of drug-likeness (QED) is 0.821. The minimum absolute atomic E-state index is 0.764. The number of benzene rings is 1. The molecular weight excluding hydrogens is 346 g/mol. The van der Waals surface area contributed by atoms with Crippen molar-refractivity contribution in [3.63, 3.8) is 0 Å². The van der Waals surface area contributed by atoms with Gasteiger partial charge in [0.05, 0.1) is 0 Å². The average Bonchev–Trinajstić information content (AvgIpc) is 2.98.